The van der Waals surface area contributed by atoms with Crippen LogP contribution in [-0.2, 0) is 4.79 Å². The third kappa shape index (κ3) is 2.31. The summed E-state index contributed by atoms with van der Waals surface area (Å²) in [5.74, 6) is 0.333. The summed E-state index contributed by atoms with van der Waals surface area (Å²) >= 11 is 0. The van der Waals surface area contributed by atoms with E-state index < -0.39 is 0 Å². The van der Waals surface area contributed by atoms with Crippen molar-refractivity contribution in [2.45, 2.75) is 37.8 Å². The summed E-state index contributed by atoms with van der Waals surface area (Å²) in [5.41, 5.74) is 5.83. The molecule has 2 heterocycles. The smallest absolute Gasteiger partial charge is 0.229 e. The average Bonchev–Trinajstić information content (AvgIpc) is 2.84. The molecule has 0 saturated carbocycles. The van der Waals surface area contributed by atoms with Gasteiger partial charge in [0.25, 0.3) is 0 Å². The van der Waals surface area contributed by atoms with Crippen LogP contribution in [0.3, 0.4) is 0 Å². The van der Waals surface area contributed by atoms with E-state index in [1.54, 1.807) is 0 Å². The molecule has 3 rings (SSSR count). The summed E-state index contributed by atoms with van der Waals surface area (Å²) in [6, 6.07) is 0.686. The molecule has 18 heavy (non-hydrogen) atoms. The fourth-order valence-electron chi connectivity index (χ4n) is 3.50. The highest BCUT2D eigenvalue weighted by atomic mass is 16.2. The van der Waals surface area contributed by atoms with E-state index in [9.17, 15) is 4.79 Å². The van der Waals surface area contributed by atoms with Crippen LogP contribution >= 0.6 is 0 Å². The van der Waals surface area contributed by atoms with Crippen molar-refractivity contribution in [3.63, 3.8) is 0 Å². The van der Waals surface area contributed by atoms with E-state index in [0.717, 1.165) is 26.1 Å². The van der Waals surface area contributed by atoms with Crippen LogP contribution < -0.4 is 5.73 Å². The van der Waals surface area contributed by atoms with Gasteiger partial charge in [-0.15, -0.1) is 0 Å². The Morgan fingerprint density at radius 3 is 2.83 bits per heavy atom. The highest BCUT2D eigenvalue weighted by molar-refractivity contribution is 5.81. The Labute approximate surface area is 109 Å². The van der Waals surface area contributed by atoms with E-state index >= 15 is 0 Å². The number of piperidine rings is 1. The molecule has 2 fully saturated rings. The Hall–Kier alpha value is -0.870. The lowest BCUT2D eigenvalue weighted by molar-refractivity contribution is -0.137. The van der Waals surface area contributed by atoms with E-state index in [1.165, 1.54) is 25.8 Å². The summed E-state index contributed by atoms with van der Waals surface area (Å²) in [5, 5.41) is 0. The first-order chi connectivity index (χ1) is 8.74. The lowest BCUT2D eigenvalue weighted by Crippen LogP contribution is -2.57. The van der Waals surface area contributed by atoms with Crippen molar-refractivity contribution in [3.05, 3.63) is 12.2 Å². The molecule has 0 spiro atoms. The number of fused-ring (bicyclic) bond motifs is 1. The first-order valence-electron chi connectivity index (χ1n) is 7.21. The molecule has 3 unspecified atom stereocenters. The van der Waals surface area contributed by atoms with Crippen LogP contribution in [0.5, 0.6) is 0 Å². The molecular formula is C14H23N3O. The molecule has 3 aliphatic rings. The third-order valence-corrected chi connectivity index (χ3v) is 4.58. The first kappa shape index (κ1) is 12.2. The van der Waals surface area contributed by atoms with E-state index in [2.05, 4.69) is 9.80 Å². The minimum atomic E-state index is 0.0372. The summed E-state index contributed by atoms with van der Waals surface area (Å²) in [4.78, 5) is 17.0. The molecule has 0 aromatic rings. The number of piperazine rings is 1. The Morgan fingerprint density at radius 2 is 2.06 bits per heavy atom. The fraction of sp³-hybridized carbons (Fsp3) is 0.786. The number of carbonyl (C=O) groups is 1. The Morgan fingerprint density at radius 1 is 1.17 bits per heavy atom. The van der Waals surface area contributed by atoms with Gasteiger partial charge in [0.05, 0.1) is 5.92 Å². The van der Waals surface area contributed by atoms with Gasteiger partial charge < -0.3 is 10.6 Å². The Kier molecular flexibility index (Phi) is 3.39. The average molecular weight is 249 g/mol. The van der Waals surface area contributed by atoms with Gasteiger partial charge in [-0.2, -0.15) is 0 Å². The molecule has 2 saturated heterocycles. The zero-order valence-electron chi connectivity index (χ0n) is 10.9. The number of nitrogens with two attached hydrogens (primary N) is 1. The molecule has 100 valence electrons. The maximum absolute atomic E-state index is 12.4. The van der Waals surface area contributed by atoms with Crippen LogP contribution in [0.2, 0.25) is 0 Å². The number of carbonyl (C=O) groups excluding carboxylic acids is 1. The number of hydrogen-bond donors (Lipinski definition) is 1. The van der Waals surface area contributed by atoms with Crippen LogP contribution in [0.4, 0.5) is 0 Å². The van der Waals surface area contributed by atoms with E-state index in [-0.39, 0.29) is 12.0 Å². The van der Waals surface area contributed by atoms with Crippen molar-refractivity contribution < 1.29 is 4.79 Å². The molecule has 1 amide bonds. The molecule has 0 aromatic carbocycles. The normalized spacial score (nSPS) is 36.7. The molecule has 0 bridgehead atoms. The zero-order chi connectivity index (χ0) is 12.5. The molecule has 1 aliphatic carbocycles. The Balaban J connectivity index is 1.60. The largest absolute Gasteiger partial charge is 0.339 e. The van der Waals surface area contributed by atoms with Crippen LogP contribution in [0.1, 0.15) is 25.7 Å². The van der Waals surface area contributed by atoms with Gasteiger partial charge in [-0.1, -0.05) is 18.6 Å². The zero-order valence-corrected chi connectivity index (χ0v) is 10.9. The lowest BCUT2D eigenvalue weighted by Gasteiger charge is -2.44. The van der Waals surface area contributed by atoms with Gasteiger partial charge in [0.15, 0.2) is 0 Å². The third-order valence-electron chi connectivity index (χ3n) is 4.58. The molecular weight excluding hydrogens is 226 g/mol. The fourth-order valence-corrected chi connectivity index (χ4v) is 3.50. The predicted octanol–water partition coefficient (Wildman–Crippen LogP) is 0.586. The SMILES string of the molecule is NC1C=CC(C(=O)N2CCN3CCCCC3C2)C1. The second-order valence-electron chi connectivity index (χ2n) is 5.86. The van der Waals surface area contributed by atoms with Crippen molar-refractivity contribution in [1.82, 2.24) is 9.80 Å². The van der Waals surface area contributed by atoms with E-state index in [1.807, 2.05) is 12.2 Å². The van der Waals surface area contributed by atoms with Gasteiger partial charge in [0.1, 0.15) is 0 Å². The summed E-state index contributed by atoms with van der Waals surface area (Å²) < 4.78 is 0. The lowest BCUT2D eigenvalue weighted by atomic mass is 9.98. The number of hydrogen-bond acceptors (Lipinski definition) is 3. The van der Waals surface area contributed by atoms with Gasteiger partial charge in [-0.3, -0.25) is 9.69 Å². The van der Waals surface area contributed by atoms with Crippen LogP contribution in [0.15, 0.2) is 12.2 Å². The van der Waals surface area contributed by atoms with Gasteiger partial charge in [-0.05, 0) is 25.8 Å². The topological polar surface area (TPSA) is 49.6 Å². The molecule has 0 radical (unpaired) electrons. The maximum atomic E-state index is 12.4. The number of amides is 1. The second-order valence-corrected chi connectivity index (χ2v) is 5.86. The van der Waals surface area contributed by atoms with Gasteiger partial charge >= 0.3 is 0 Å². The van der Waals surface area contributed by atoms with Crippen LogP contribution in [-0.4, -0.2) is 54.0 Å². The molecule has 2 N–H and O–H groups in total. The molecule has 2 aliphatic heterocycles. The van der Waals surface area contributed by atoms with Crippen LogP contribution in [0, 0.1) is 5.92 Å². The van der Waals surface area contributed by atoms with E-state index in [4.69, 9.17) is 5.73 Å². The van der Waals surface area contributed by atoms with E-state index in [0.29, 0.717) is 11.9 Å². The molecule has 4 nitrogen and oxygen atoms in total. The molecule has 4 heteroatoms. The highest BCUT2D eigenvalue weighted by Crippen LogP contribution is 2.24. The summed E-state index contributed by atoms with van der Waals surface area (Å²) in [6.07, 6.45) is 8.66. The highest BCUT2D eigenvalue weighted by Gasteiger charge is 2.34. The van der Waals surface area contributed by atoms with Crippen molar-refractivity contribution in [2.75, 3.05) is 26.2 Å². The summed E-state index contributed by atoms with van der Waals surface area (Å²) in [7, 11) is 0. The van der Waals surface area contributed by atoms with Crippen molar-refractivity contribution in [3.8, 4) is 0 Å². The number of rotatable bonds is 1. The van der Waals surface area contributed by atoms with Crippen molar-refractivity contribution in [2.24, 2.45) is 11.7 Å². The quantitative estimate of drug-likeness (QED) is 0.692. The van der Waals surface area contributed by atoms with Gasteiger partial charge in [0, 0.05) is 31.7 Å². The predicted molar refractivity (Wildman–Crippen MR) is 71.0 cm³/mol. The first-order valence-corrected chi connectivity index (χ1v) is 7.21. The van der Waals surface area contributed by atoms with Crippen LogP contribution in [0.25, 0.3) is 0 Å². The standard InChI is InChI=1S/C14H23N3O/c15-12-5-4-11(9-12)14(18)17-8-7-16-6-2-1-3-13(16)10-17/h4-5,11-13H,1-3,6-10,15H2. The van der Waals surface area contributed by atoms with Crippen molar-refractivity contribution >= 4 is 5.91 Å². The summed E-state index contributed by atoms with van der Waals surface area (Å²) in [6.45, 7) is 4.10. The monoisotopic (exact) mass is 249 g/mol. The minimum Gasteiger partial charge on any atom is -0.339 e. The maximum Gasteiger partial charge on any atom is 0.229 e. The Bertz CT molecular complexity index is 355. The van der Waals surface area contributed by atoms with Crippen molar-refractivity contribution in [1.29, 1.82) is 0 Å². The molecule has 0 aromatic heterocycles. The minimum absolute atomic E-state index is 0.0372. The molecule has 3 atom stereocenters. The van der Waals surface area contributed by atoms with Gasteiger partial charge in [0.2, 0.25) is 5.91 Å². The van der Waals surface area contributed by atoms with Gasteiger partial charge in [-0.25, -0.2) is 0 Å². The second kappa shape index (κ2) is 5.02. The number of nitrogens with zero attached hydrogens (tertiary/aromatic N) is 2.